The Morgan fingerprint density at radius 3 is 2.37 bits per heavy atom. The molecule has 0 spiro atoms. The van der Waals surface area contributed by atoms with Crippen LogP contribution in [0.3, 0.4) is 0 Å². The van der Waals surface area contributed by atoms with Gasteiger partial charge in [0.25, 0.3) is 0 Å². The van der Waals surface area contributed by atoms with Gasteiger partial charge in [-0.25, -0.2) is 0 Å². The predicted octanol–water partition coefficient (Wildman–Crippen LogP) is 5.75. The summed E-state index contributed by atoms with van der Waals surface area (Å²) in [4.78, 5) is 0. The van der Waals surface area contributed by atoms with E-state index in [1.54, 1.807) is 0 Å². The Kier molecular flexibility index (Phi) is 2.36. The van der Waals surface area contributed by atoms with Crippen LogP contribution >= 0.6 is 15.9 Å². The molecule has 1 heteroatoms. The van der Waals surface area contributed by atoms with Gasteiger partial charge in [-0.3, -0.25) is 0 Å². The van der Waals surface area contributed by atoms with Gasteiger partial charge in [0, 0.05) is 4.47 Å². The molecule has 1 aliphatic carbocycles. The molecule has 0 saturated heterocycles. The molecule has 3 aromatic rings. The Balaban J connectivity index is 2.08. The van der Waals surface area contributed by atoms with Gasteiger partial charge in [0.1, 0.15) is 0 Å². The Labute approximate surface area is 120 Å². The molecule has 4 rings (SSSR count). The largest absolute Gasteiger partial charge is 0.0610 e. The molecular weight excluding hydrogens is 296 g/mol. The van der Waals surface area contributed by atoms with Crippen LogP contribution in [0.25, 0.3) is 34.1 Å². The predicted molar refractivity (Wildman–Crippen MR) is 86.0 cm³/mol. The van der Waals surface area contributed by atoms with Crippen molar-refractivity contribution in [2.24, 2.45) is 0 Å². The van der Waals surface area contributed by atoms with Crippen molar-refractivity contribution in [3.05, 3.63) is 70.2 Å². The minimum atomic E-state index is 1.12. The van der Waals surface area contributed by atoms with E-state index in [1.165, 1.54) is 33.0 Å². The number of rotatable bonds is 1. The van der Waals surface area contributed by atoms with Gasteiger partial charge in [0.2, 0.25) is 0 Å². The van der Waals surface area contributed by atoms with Crippen LogP contribution in [0.2, 0.25) is 0 Å². The molecule has 1 aliphatic rings. The summed E-state index contributed by atoms with van der Waals surface area (Å²) in [5, 5.41) is 2.71. The van der Waals surface area contributed by atoms with Gasteiger partial charge in [-0.15, -0.1) is 0 Å². The number of hydrogen-bond acceptors (Lipinski definition) is 0. The second kappa shape index (κ2) is 4.07. The van der Waals surface area contributed by atoms with Crippen LogP contribution in [0, 0.1) is 0 Å². The van der Waals surface area contributed by atoms with Crippen LogP contribution in [0.4, 0.5) is 0 Å². The summed E-state index contributed by atoms with van der Waals surface area (Å²) in [5.74, 6) is 0. The van der Waals surface area contributed by atoms with Crippen LogP contribution in [0.5, 0.6) is 0 Å². The Hall–Kier alpha value is -1.86. The maximum atomic E-state index is 3.55. The SMILES string of the molecule is Brc1cccc(-c2ccc3c4c(cccc24)C=C3)c1. The van der Waals surface area contributed by atoms with Crippen molar-refractivity contribution in [2.75, 3.05) is 0 Å². The molecule has 3 aromatic carbocycles. The lowest BCUT2D eigenvalue weighted by Gasteiger charge is -2.09. The van der Waals surface area contributed by atoms with E-state index in [9.17, 15) is 0 Å². The normalized spacial score (nSPS) is 12.3. The highest BCUT2D eigenvalue weighted by atomic mass is 79.9. The van der Waals surface area contributed by atoms with Crippen molar-refractivity contribution < 1.29 is 0 Å². The third-order valence-electron chi connectivity index (χ3n) is 3.68. The molecule has 0 radical (unpaired) electrons. The Bertz CT molecular complexity index is 816. The molecule has 0 saturated carbocycles. The molecule has 19 heavy (non-hydrogen) atoms. The van der Waals surface area contributed by atoms with Gasteiger partial charge in [0.05, 0.1) is 0 Å². The van der Waals surface area contributed by atoms with Gasteiger partial charge in [0.15, 0.2) is 0 Å². The highest BCUT2D eigenvalue weighted by Crippen LogP contribution is 2.37. The number of hydrogen-bond donors (Lipinski definition) is 0. The first kappa shape index (κ1) is 11.0. The summed E-state index contributed by atoms with van der Waals surface area (Å²) in [7, 11) is 0. The third kappa shape index (κ3) is 1.66. The van der Waals surface area contributed by atoms with Gasteiger partial charge in [-0.05, 0) is 45.2 Å². The summed E-state index contributed by atoms with van der Waals surface area (Å²) < 4.78 is 1.12. The van der Waals surface area contributed by atoms with E-state index >= 15 is 0 Å². The van der Waals surface area contributed by atoms with Crippen molar-refractivity contribution in [3.63, 3.8) is 0 Å². The zero-order valence-electron chi connectivity index (χ0n) is 10.2. The van der Waals surface area contributed by atoms with E-state index in [1.807, 2.05) is 0 Å². The fourth-order valence-corrected chi connectivity index (χ4v) is 3.23. The lowest BCUT2D eigenvalue weighted by molar-refractivity contribution is 1.61. The topological polar surface area (TPSA) is 0 Å². The second-order valence-corrected chi connectivity index (χ2v) is 5.73. The fraction of sp³-hybridized carbons (Fsp3) is 0. The van der Waals surface area contributed by atoms with Crippen molar-refractivity contribution in [1.82, 2.24) is 0 Å². The van der Waals surface area contributed by atoms with E-state index in [4.69, 9.17) is 0 Å². The molecule has 0 atom stereocenters. The van der Waals surface area contributed by atoms with Crippen molar-refractivity contribution >= 4 is 38.9 Å². The van der Waals surface area contributed by atoms with Crippen molar-refractivity contribution in [2.45, 2.75) is 0 Å². The van der Waals surface area contributed by atoms with E-state index in [0.717, 1.165) is 4.47 Å². The lowest BCUT2D eigenvalue weighted by atomic mass is 9.95. The molecule has 0 fully saturated rings. The van der Waals surface area contributed by atoms with E-state index in [0.29, 0.717) is 0 Å². The number of benzene rings is 3. The Morgan fingerprint density at radius 2 is 1.53 bits per heavy atom. The highest BCUT2D eigenvalue weighted by molar-refractivity contribution is 9.10. The molecule has 90 valence electrons. The lowest BCUT2D eigenvalue weighted by Crippen LogP contribution is -1.84. The first-order valence-corrected chi connectivity index (χ1v) is 7.12. The van der Waals surface area contributed by atoms with Crippen molar-refractivity contribution in [1.29, 1.82) is 0 Å². The first-order valence-electron chi connectivity index (χ1n) is 6.33. The van der Waals surface area contributed by atoms with Crippen LogP contribution in [0.1, 0.15) is 11.1 Å². The quantitative estimate of drug-likeness (QED) is 0.420. The summed E-state index contributed by atoms with van der Waals surface area (Å²) in [6.45, 7) is 0. The van der Waals surface area contributed by atoms with Gasteiger partial charge in [-0.2, -0.15) is 0 Å². The molecule has 0 N–H and O–H groups in total. The summed E-state index contributed by atoms with van der Waals surface area (Å²) in [6, 6.07) is 19.4. The molecular formula is C18H11Br. The molecule has 0 aliphatic heterocycles. The smallest absolute Gasteiger partial charge is 0.0181 e. The third-order valence-corrected chi connectivity index (χ3v) is 4.18. The highest BCUT2D eigenvalue weighted by Gasteiger charge is 2.12. The second-order valence-electron chi connectivity index (χ2n) is 4.82. The number of halogens is 1. The average molecular weight is 307 g/mol. The molecule has 0 aromatic heterocycles. The first-order chi connectivity index (χ1) is 9.33. The maximum absolute atomic E-state index is 3.55. The van der Waals surface area contributed by atoms with E-state index < -0.39 is 0 Å². The van der Waals surface area contributed by atoms with Gasteiger partial charge < -0.3 is 0 Å². The summed E-state index contributed by atoms with van der Waals surface area (Å²) in [6.07, 6.45) is 4.39. The van der Waals surface area contributed by atoms with Gasteiger partial charge >= 0.3 is 0 Å². The molecule has 0 heterocycles. The van der Waals surface area contributed by atoms with Crippen LogP contribution in [0.15, 0.2) is 59.1 Å². The molecule has 0 nitrogen and oxygen atoms in total. The van der Waals surface area contributed by atoms with E-state index in [-0.39, 0.29) is 0 Å². The molecule has 0 bridgehead atoms. The molecule has 0 amide bonds. The summed E-state index contributed by atoms with van der Waals surface area (Å²) >= 11 is 3.55. The Morgan fingerprint density at radius 1 is 0.737 bits per heavy atom. The van der Waals surface area contributed by atoms with Gasteiger partial charge in [-0.1, -0.05) is 70.5 Å². The minimum absolute atomic E-state index is 1.12. The van der Waals surface area contributed by atoms with Crippen molar-refractivity contribution in [3.8, 4) is 11.1 Å². The summed E-state index contributed by atoms with van der Waals surface area (Å²) in [5.41, 5.74) is 5.20. The maximum Gasteiger partial charge on any atom is 0.0181 e. The fourth-order valence-electron chi connectivity index (χ4n) is 2.83. The standard InChI is InChI=1S/C18H11Br/c19-15-5-1-4-14(11-15)16-10-9-13-8-7-12-3-2-6-17(16)18(12)13/h1-11H. The van der Waals surface area contributed by atoms with Crippen LogP contribution in [-0.4, -0.2) is 0 Å². The monoisotopic (exact) mass is 306 g/mol. The van der Waals surface area contributed by atoms with Crippen LogP contribution < -0.4 is 0 Å². The van der Waals surface area contributed by atoms with E-state index in [2.05, 4.69) is 82.7 Å². The zero-order valence-corrected chi connectivity index (χ0v) is 11.8. The van der Waals surface area contributed by atoms with Crippen LogP contribution in [-0.2, 0) is 0 Å². The molecule has 0 unspecified atom stereocenters. The average Bonchev–Trinajstić information content (AvgIpc) is 2.85. The minimum Gasteiger partial charge on any atom is -0.0610 e. The zero-order chi connectivity index (χ0) is 12.8.